The van der Waals surface area contributed by atoms with Crippen LogP contribution in [0.3, 0.4) is 0 Å². The Labute approximate surface area is 151 Å². The summed E-state index contributed by atoms with van der Waals surface area (Å²) in [5.41, 5.74) is -1.06. The number of halogens is 3. The van der Waals surface area contributed by atoms with Crippen molar-refractivity contribution >= 4 is 15.9 Å². The minimum atomic E-state index is -4.64. The number of rotatable bonds is 5. The van der Waals surface area contributed by atoms with Gasteiger partial charge in [0.2, 0.25) is 15.9 Å². The zero-order valence-corrected chi connectivity index (χ0v) is 15.3. The smallest absolute Gasteiger partial charge is 0.352 e. The molecule has 0 spiro atoms. The molecule has 146 valence electrons. The van der Waals surface area contributed by atoms with Gasteiger partial charge >= 0.3 is 6.18 Å². The van der Waals surface area contributed by atoms with E-state index in [0.717, 1.165) is 56.7 Å². The largest absolute Gasteiger partial charge is 0.416 e. The zero-order chi connectivity index (χ0) is 19.4. The predicted octanol–water partition coefficient (Wildman–Crippen LogP) is 3.21. The van der Waals surface area contributed by atoms with Crippen LogP contribution in [0.5, 0.6) is 0 Å². The molecule has 9 heteroatoms. The van der Waals surface area contributed by atoms with Gasteiger partial charge in [-0.25, -0.2) is 8.42 Å². The molecular weight excluding hydrogens is 369 g/mol. The summed E-state index contributed by atoms with van der Waals surface area (Å²) in [4.78, 5) is 11.7. The first-order valence-corrected chi connectivity index (χ1v) is 10.1. The summed E-state index contributed by atoms with van der Waals surface area (Å²) < 4.78 is 65.1. The van der Waals surface area contributed by atoms with E-state index in [1.54, 1.807) is 0 Å². The van der Waals surface area contributed by atoms with Gasteiger partial charge in [0, 0.05) is 6.04 Å². The summed E-state index contributed by atoms with van der Waals surface area (Å²) in [6, 6.07) is 2.35. The Bertz CT molecular complexity index is 727. The lowest BCUT2D eigenvalue weighted by Crippen LogP contribution is -2.47. The molecule has 0 radical (unpaired) electrons. The fourth-order valence-electron chi connectivity index (χ4n) is 2.94. The normalized spacial score (nSPS) is 18.2. The fourth-order valence-corrected chi connectivity index (χ4v) is 4.19. The van der Waals surface area contributed by atoms with E-state index in [4.69, 9.17) is 0 Å². The van der Waals surface area contributed by atoms with E-state index in [0.29, 0.717) is 6.07 Å². The highest BCUT2D eigenvalue weighted by atomic mass is 32.2. The molecule has 26 heavy (non-hydrogen) atoms. The molecule has 1 saturated carbocycles. The second-order valence-corrected chi connectivity index (χ2v) is 8.28. The summed E-state index contributed by atoms with van der Waals surface area (Å²) in [5, 5.41) is 2.82. The van der Waals surface area contributed by atoms with E-state index < -0.39 is 38.6 Å². The Hall–Kier alpha value is -1.61. The highest BCUT2D eigenvalue weighted by Gasteiger charge is 2.32. The number of benzene rings is 1. The maximum absolute atomic E-state index is 12.8. The Morgan fingerprint density at radius 3 is 2.35 bits per heavy atom. The van der Waals surface area contributed by atoms with Crippen LogP contribution in [0.4, 0.5) is 13.2 Å². The van der Waals surface area contributed by atoms with Crippen molar-refractivity contribution in [1.29, 1.82) is 0 Å². The van der Waals surface area contributed by atoms with Crippen molar-refractivity contribution in [3.05, 3.63) is 29.8 Å². The van der Waals surface area contributed by atoms with Gasteiger partial charge in [0.25, 0.3) is 0 Å². The van der Waals surface area contributed by atoms with Crippen molar-refractivity contribution < 1.29 is 26.4 Å². The molecule has 1 unspecified atom stereocenters. The monoisotopic (exact) mass is 392 g/mol. The molecule has 0 bridgehead atoms. The summed E-state index contributed by atoms with van der Waals surface area (Å²) in [7, 11) is -4.25. The average molecular weight is 392 g/mol. The van der Waals surface area contributed by atoms with E-state index in [1.807, 2.05) is 0 Å². The van der Waals surface area contributed by atoms with Crippen molar-refractivity contribution in [3.8, 4) is 0 Å². The molecule has 1 amide bonds. The number of alkyl halides is 3. The molecule has 1 aromatic rings. The highest BCUT2D eigenvalue weighted by molar-refractivity contribution is 7.89. The fraction of sp³-hybridized carbons (Fsp3) is 0.588. The van der Waals surface area contributed by atoms with Crippen molar-refractivity contribution in [3.63, 3.8) is 0 Å². The van der Waals surface area contributed by atoms with Gasteiger partial charge in [-0.2, -0.15) is 17.9 Å². The van der Waals surface area contributed by atoms with Crippen LogP contribution in [0, 0.1) is 0 Å². The van der Waals surface area contributed by atoms with Crippen molar-refractivity contribution in [2.24, 2.45) is 0 Å². The molecule has 1 aliphatic rings. The number of amides is 1. The van der Waals surface area contributed by atoms with E-state index in [2.05, 4.69) is 10.0 Å². The van der Waals surface area contributed by atoms with Crippen molar-refractivity contribution in [2.75, 3.05) is 0 Å². The summed E-state index contributed by atoms with van der Waals surface area (Å²) in [6.45, 7) is 1.37. The Balaban J connectivity index is 2.04. The molecule has 0 heterocycles. The number of carbonyl (C=O) groups is 1. The molecule has 1 atom stereocenters. The van der Waals surface area contributed by atoms with E-state index in [1.165, 1.54) is 6.92 Å². The minimum Gasteiger partial charge on any atom is -0.352 e. The van der Waals surface area contributed by atoms with Gasteiger partial charge < -0.3 is 5.32 Å². The Kier molecular flexibility index (Phi) is 6.68. The molecule has 0 saturated heterocycles. The van der Waals surface area contributed by atoms with Crippen LogP contribution in [0.1, 0.15) is 51.0 Å². The van der Waals surface area contributed by atoms with Crippen LogP contribution < -0.4 is 10.0 Å². The van der Waals surface area contributed by atoms with Gasteiger partial charge in [-0.15, -0.1) is 0 Å². The standard InChI is InChI=1S/C17H23F3N2O3S/c1-12(16(23)21-14-8-4-2-3-5-9-14)22-26(24,25)15-10-6-7-13(11-15)17(18,19)20/h6-7,10-12,14,22H,2-5,8-9H2,1H3,(H,21,23). The first kappa shape index (κ1) is 20.7. The van der Waals surface area contributed by atoms with E-state index >= 15 is 0 Å². The molecule has 0 aromatic heterocycles. The Morgan fingerprint density at radius 1 is 1.15 bits per heavy atom. The van der Waals surface area contributed by atoms with Gasteiger partial charge in [0.15, 0.2) is 0 Å². The van der Waals surface area contributed by atoms with Gasteiger partial charge in [0.05, 0.1) is 16.5 Å². The predicted molar refractivity (Wildman–Crippen MR) is 90.9 cm³/mol. The van der Waals surface area contributed by atoms with E-state index in [9.17, 15) is 26.4 Å². The molecule has 1 fully saturated rings. The molecule has 5 nitrogen and oxygen atoms in total. The van der Waals surface area contributed by atoms with Crippen LogP contribution in [0.15, 0.2) is 29.2 Å². The third kappa shape index (κ3) is 5.70. The van der Waals surface area contributed by atoms with E-state index in [-0.39, 0.29) is 6.04 Å². The zero-order valence-electron chi connectivity index (χ0n) is 14.5. The number of carbonyl (C=O) groups excluding carboxylic acids is 1. The highest BCUT2D eigenvalue weighted by Crippen LogP contribution is 2.30. The van der Waals surface area contributed by atoms with Gasteiger partial charge in [-0.3, -0.25) is 4.79 Å². The summed E-state index contributed by atoms with van der Waals surface area (Å²) in [5.74, 6) is -0.479. The van der Waals surface area contributed by atoms with Gasteiger partial charge in [0.1, 0.15) is 0 Å². The third-order valence-corrected chi connectivity index (χ3v) is 5.94. The average Bonchev–Trinajstić information content (AvgIpc) is 2.82. The lowest BCUT2D eigenvalue weighted by atomic mass is 10.1. The maximum atomic E-state index is 12.8. The van der Waals surface area contributed by atoms with Crippen molar-refractivity contribution in [1.82, 2.24) is 10.0 Å². The first-order chi connectivity index (χ1) is 12.1. The summed E-state index contributed by atoms with van der Waals surface area (Å²) in [6.07, 6.45) is 1.30. The van der Waals surface area contributed by atoms with Crippen LogP contribution in [0.25, 0.3) is 0 Å². The van der Waals surface area contributed by atoms with Gasteiger partial charge in [-0.05, 0) is 38.0 Å². The molecule has 1 aliphatic carbocycles. The molecule has 2 rings (SSSR count). The number of hydrogen-bond donors (Lipinski definition) is 2. The second-order valence-electron chi connectivity index (χ2n) is 6.57. The lowest BCUT2D eigenvalue weighted by molar-refractivity contribution is -0.137. The quantitative estimate of drug-likeness (QED) is 0.756. The first-order valence-electron chi connectivity index (χ1n) is 8.59. The van der Waals surface area contributed by atoms with Crippen LogP contribution in [-0.2, 0) is 21.0 Å². The van der Waals surface area contributed by atoms with Crippen molar-refractivity contribution in [2.45, 2.75) is 68.6 Å². The maximum Gasteiger partial charge on any atom is 0.416 e. The van der Waals surface area contributed by atoms with Crippen LogP contribution in [0.2, 0.25) is 0 Å². The van der Waals surface area contributed by atoms with Crippen LogP contribution in [-0.4, -0.2) is 26.4 Å². The topological polar surface area (TPSA) is 75.3 Å². The molecule has 1 aromatic carbocycles. The number of nitrogens with one attached hydrogen (secondary N) is 2. The summed E-state index contributed by atoms with van der Waals surface area (Å²) >= 11 is 0. The molecule has 2 N–H and O–H groups in total. The second kappa shape index (κ2) is 8.39. The SMILES string of the molecule is CC(NS(=O)(=O)c1cccc(C(F)(F)F)c1)C(=O)NC1CCCCCC1. The number of hydrogen-bond acceptors (Lipinski definition) is 3. The van der Waals surface area contributed by atoms with Crippen LogP contribution >= 0.6 is 0 Å². The molecule has 0 aliphatic heterocycles. The minimum absolute atomic E-state index is 0.00510. The van der Waals surface area contributed by atoms with Gasteiger partial charge in [-0.1, -0.05) is 31.7 Å². The Morgan fingerprint density at radius 2 is 1.77 bits per heavy atom. The third-order valence-electron chi connectivity index (χ3n) is 4.40. The number of sulfonamides is 1. The molecular formula is C17H23F3N2O3S. The lowest BCUT2D eigenvalue weighted by Gasteiger charge is -2.20.